The number of hydrogen-bond donors (Lipinski definition) is 1. The fourth-order valence-electron chi connectivity index (χ4n) is 4.15. The van der Waals surface area contributed by atoms with Gasteiger partial charge in [-0.05, 0) is 42.5 Å². The van der Waals surface area contributed by atoms with Crippen LogP contribution in [0.15, 0.2) is 36.4 Å². The highest BCUT2D eigenvalue weighted by atomic mass is 35.5. The van der Waals surface area contributed by atoms with E-state index in [1.54, 1.807) is 24.3 Å². The fourth-order valence-corrected chi connectivity index (χ4v) is 4.28. The molecule has 24 heavy (non-hydrogen) atoms. The second kappa shape index (κ2) is 5.74. The SMILES string of the molecule is O=C(CCN1C(=O)C2C3C=CC(C3)C2C1=O)Nc1ccc(Cl)cc1. The Labute approximate surface area is 144 Å². The smallest absolute Gasteiger partial charge is 0.233 e. The van der Waals surface area contributed by atoms with E-state index in [1.165, 1.54) is 4.90 Å². The van der Waals surface area contributed by atoms with E-state index in [0.29, 0.717) is 10.7 Å². The Hall–Kier alpha value is -2.14. The number of halogens is 1. The molecule has 5 nitrogen and oxygen atoms in total. The number of carbonyl (C=O) groups excluding carboxylic acids is 3. The molecular weight excluding hydrogens is 328 g/mol. The van der Waals surface area contributed by atoms with E-state index in [2.05, 4.69) is 17.5 Å². The maximum absolute atomic E-state index is 12.5. The van der Waals surface area contributed by atoms with E-state index in [-0.39, 0.29) is 54.4 Å². The highest BCUT2D eigenvalue weighted by Crippen LogP contribution is 2.52. The number of nitrogens with zero attached hydrogens (tertiary/aromatic N) is 1. The molecule has 3 aliphatic rings. The summed E-state index contributed by atoms with van der Waals surface area (Å²) in [4.78, 5) is 38.4. The maximum atomic E-state index is 12.5. The molecule has 4 rings (SSSR count). The Balaban J connectivity index is 1.36. The minimum Gasteiger partial charge on any atom is -0.326 e. The minimum atomic E-state index is -0.226. The number of allylic oxidation sites excluding steroid dienone is 2. The van der Waals surface area contributed by atoms with Crippen LogP contribution in [0.1, 0.15) is 12.8 Å². The highest BCUT2D eigenvalue weighted by molar-refractivity contribution is 6.30. The molecule has 1 N–H and O–H groups in total. The molecule has 1 aliphatic heterocycles. The molecule has 2 fully saturated rings. The van der Waals surface area contributed by atoms with Gasteiger partial charge in [0.05, 0.1) is 11.8 Å². The van der Waals surface area contributed by atoms with Crippen LogP contribution in [-0.4, -0.2) is 29.2 Å². The van der Waals surface area contributed by atoms with Crippen LogP contribution in [0.3, 0.4) is 0 Å². The third-order valence-electron chi connectivity index (χ3n) is 5.25. The Morgan fingerprint density at radius 1 is 1.08 bits per heavy atom. The average Bonchev–Trinajstić information content (AvgIpc) is 3.23. The van der Waals surface area contributed by atoms with Gasteiger partial charge in [-0.25, -0.2) is 0 Å². The van der Waals surface area contributed by atoms with E-state index >= 15 is 0 Å². The summed E-state index contributed by atoms with van der Waals surface area (Å²) in [7, 11) is 0. The van der Waals surface area contributed by atoms with Crippen molar-refractivity contribution in [1.82, 2.24) is 4.90 Å². The van der Waals surface area contributed by atoms with Crippen LogP contribution in [0.25, 0.3) is 0 Å². The van der Waals surface area contributed by atoms with Crippen molar-refractivity contribution < 1.29 is 14.4 Å². The van der Waals surface area contributed by atoms with Gasteiger partial charge in [-0.15, -0.1) is 0 Å². The maximum Gasteiger partial charge on any atom is 0.233 e. The van der Waals surface area contributed by atoms with Gasteiger partial charge in [-0.1, -0.05) is 23.8 Å². The molecule has 1 saturated carbocycles. The molecule has 4 unspecified atom stereocenters. The van der Waals surface area contributed by atoms with Crippen molar-refractivity contribution in [1.29, 1.82) is 0 Å². The molecule has 1 aromatic carbocycles. The van der Waals surface area contributed by atoms with Crippen LogP contribution in [0.5, 0.6) is 0 Å². The number of benzene rings is 1. The van der Waals surface area contributed by atoms with Gasteiger partial charge in [0.15, 0.2) is 0 Å². The van der Waals surface area contributed by atoms with Crippen molar-refractivity contribution in [3.8, 4) is 0 Å². The van der Waals surface area contributed by atoms with Crippen molar-refractivity contribution in [2.24, 2.45) is 23.7 Å². The second-order valence-corrected chi connectivity index (χ2v) is 7.07. The molecule has 4 atom stereocenters. The van der Waals surface area contributed by atoms with Gasteiger partial charge in [0.25, 0.3) is 0 Å². The average molecular weight is 345 g/mol. The van der Waals surface area contributed by atoms with Crippen molar-refractivity contribution in [3.05, 3.63) is 41.4 Å². The first kappa shape index (κ1) is 15.4. The third-order valence-corrected chi connectivity index (χ3v) is 5.50. The molecule has 3 amide bonds. The van der Waals surface area contributed by atoms with E-state index in [1.807, 2.05) is 0 Å². The summed E-state index contributed by atoms with van der Waals surface area (Å²) in [6.07, 6.45) is 5.14. The number of anilines is 1. The van der Waals surface area contributed by atoms with Gasteiger partial charge in [0.2, 0.25) is 17.7 Å². The van der Waals surface area contributed by atoms with Crippen molar-refractivity contribution in [2.45, 2.75) is 12.8 Å². The lowest BCUT2D eigenvalue weighted by atomic mass is 9.85. The summed E-state index contributed by atoms with van der Waals surface area (Å²) in [5, 5.41) is 3.34. The largest absolute Gasteiger partial charge is 0.326 e. The quantitative estimate of drug-likeness (QED) is 0.674. The van der Waals surface area contributed by atoms with E-state index in [4.69, 9.17) is 11.6 Å². The molecular formula is C18H17ClN2O3. The lowest BCUT2D eigenvalue weighted by Gasteiger charge is -2.16. The minimum absolute atomic E-state index is 0.0995. The Kier molecular flexibility index (Phi) is 3.68. The van der Waals surface area contributed by atoms with Gasteiger partial charge in [0, 0.05) is 23.7 Å². The molecule has 0 radical (unpaired) electrons. The molecule has 1 aromatic rings. The van der Waals surface area contributed by atoms with Crippen LogP contribution in [0.4, 0.5) is 5.69 Å². The Morgan fingerprint density at radius 2 is 1.67 bits per heavy atom. The zero-order valence-corrected chi connectivity index (χ0v) is 13.7. The van der Waals surface area contributed by atoms with Crippen LogP contribution in [0, 0.1) is 23.7 Å². The number of likely N-dealkylation sites (tertiary alicyclic amines) is 1. The topological polar surface area (TPSA) is 66.5 Å². The zero-order valence-electron chi connectivity index (χ0n) is 12.9. The summed E-state index contributed by atoms with van der Waals surface area (Å²) < 4.78 is 0. The summed E-state index contributed by atoms with van der Waals surface area (Å²) >= 11 is 5.80. The normalized spacial score (nSPS) is 30.1. The van der Waals surface area contributed by atoms with Crippen LogP contribution in [-0.2, 0) is 14.4 Å². The van der Waals surface area contributed by atoms with Crippen LogP contribution >= 0.6 is 11.6 Å². The molecule has 2 aliphatic carbocycles. The van der Waals surface area contributed by atoms with Gasteiger partial charge in [-0.2, -0.15) is 0 Å². The van der Waals surface area contributed by atoms with E-state index in [0.717, 1.165) is 6.42 Å². The Bertz CT molecular complexity index is 713. The molecule has 0 aromatic heterocycles. The summed E-state index contributed by atoms with van der Waals surface area (Å²) in [6.45, 7) is 0.142. The van der Waals surface area contributed by atoms with Crippen molar-refractivity contribution >= 4 is 35.0 Å². The highest BCUT2D eigenvalue weighted by Gasteiger charge is 2.58. The lowest BCUT2D eigenvalue weighted by Crippen LogP contribution is -2.35. The van der Waals surface area contributed by atoms with Gasteiger partial charge >= 0.3 is 0 Å². The zero-order chi connectivity index (χ0) is 16.8. The summed E-state index contributed by atoms with van der Waals surface area (Å²) in [6, 6.07) is 6.80. The van der Waals surface area contributed by atoms with Crippen molar-refractivity contribution in [3.63, 3.8) is 0 Å². The Morgan fingerprint density at radius 3 is 2.25 bits per heavy atom. The number of rotatable bonds is 4. The molecule has 6 heteroatoms. The molecule has 1 heterocycles. The number of amides is 3. The van der Waals surface area contributed by atoms with Gasteiger partial charge < -0.3 is 5.32 Å². The first-order valence-electron chi connectivity index (χ1n) is 8.13. The first-order chi connectivity index (χ1) is 11.5. The summed E-state index contributed by atoms with van der Waals surface area (Å²) in [5.41, 5.74) is 0.641. The number of carbonyl (C=O) groups is 3. The first-order valence-corrected chi connectivity index (χ1v) is 8.51. The van der Waals surface area contributed by atoms with Gasteiger partial charge in [-0.3, -0.25) is 19.3 Å². The summed E-state index contributed by atoms with van der Waals surface area (Å²) in [5.74, 6) is -0.453. The number of nitrogens with one attached hydrogen (secondary N) is 1. The van der Waals surface area contributed by atoms with Crippen LogP contribution in [0.2, 0.25) is 5.02 Å². The van der Waals surface area contributed by atoms with Gasteiger partial charge in [0.1, 0.15) is 0 Å². The predicted molar refractivity (Wildman–Crippen MR) is 89.1 cm³/mol. The molecule has 1 saturated heterocycles. The molecule has 0 spiro atoms. The lowest BCUT2D eigenvalue weighted by molar-refractivity contribution is -0.140. The number of hydrogen-bond acceptors (Lipinski definition) is 3. The second-order valence-electron chi connectivity index (χ2n) is 6.63. The van der Waals surface area contributed by atoms with Crippen LogP contribution < -0.4 is 5.32 Å². The van der Waals surface area contributed by atoms with Crippen molar-refractivity contribution in [2.75, 3.05) is 11.9 Å². The molecule has 2 bridgehead atoms. The predicted octanol–water partition coefficient (Wildman–Crippen LogP) is 2.48. The molecule has 124 valence electrons. The van der Waals surface area contributed by atoms with E-state index in [9.17, 15) is 14.4 Å². The number of fused-ring (bicyclic) bond motifs is 5. The fraction of sp³-hybridized carbons (Fsp3) is 0.389. The number of imide groups is 1. The third kappa shape index (κ3) is 2.44. The standard InChI is InChI=1S/C18H17ClN2O3/c19-12-3-5-13(6-4-12)20-14(22)7-8-21-17(23)15-10-1-2-11(9-10)16(15)18(21)24/h1-6,10-11,15-16H,7-9H2,(H,20,22). The van der Waals surface area contributed by atoms with E-state index < -0.39 is 0 Å². The monoisotopic (exact) mass is 344 g/mol.